The van der Waals surface area contributed by atoms with Crippen molar-refractivity contribution >= 4 is 0 Å². The Hall–Kier alpha value is -0.120. The van der Waals surface area contributed by atoms with Crippen molar-refractivity contribution in [2.24, 2.45) is 0 Å². The molecule has 0 aromatic carbocycles. The highest BCUT2D eigenvalue weighted by Crippen LogP contribution is 2.31. The number of hydrogen-bond acceptors (Lipinski definition) is 3. The molecule has 2 heterocycles. The SMILES string of the molecule is CNC1CCN(C2CCN(C3CC3)C2)C1. The lowest BCUT2D eigenvalue weighted by molar-refractivity contribution is 0.225. The first-order chi connectivity index (χ1) is 7.36. The topological polar surface area (TPSA) is 18.5 Å². The van der Waals surface area contributed by atoms with Gasteiger partial charge in [0.05, 0.1) is 0 Å². The summed E-state index contributed by atoms with van der Waals surface area (Å²) >= 11 is 0. The van der Waals surface area contributed by atoms with Gasteiger partial charge in [-0.2, -0.15) is 0 Å². The standard InChI is InChI=1S/C12H23N3/c1-13-10-4-6-14(8-10)12-5-7-15(9-12)11-2-3-11/h10-13H,2-9H2,1H3. The van der Waals surface area contributed by atoms with E-state index in [1.165, 1.54) is 51.9 Å². The van der Waals surface area contributed by atoms with Crippen molar-refractivity contribution in [1.82, 2.24) is 15.1 Å². The van der Waals surface area contributed by atoms with E-state index in [1.807, 2.05) is 0 Å². The summed E-state index contributed by atoms with van der Waals surface area (Å²) in [6.45, 7) is 5.30. The Balaban J connectivity index is 1.51. The van der Waals surface area contributed by atoms with Crippen LogP contribution < -0.4 is 5.32 Å². The van der Waals surface area contributed by atoms with Crippen molar-refractivity contribution in [1.29, 1.82) is 0 Å². The molecular weight excluding hydrogens is 186 g/mol. The number of likely N-dealkylation sites (tertiary alicyclic amines) is 2. The summed E-state index contributed by atoms with van der Waals surface area (Å²) in [5.41, 5.74) is 0. The summed E-state index contributed by atoms with van der Waals surface area (Å²) in [5.74, 6) is 0. The molecule has 1 aliphatic carbocycles. The molecule has 1 N–H and O–H groups in total. The van der Waals surface area contributed by atoms with Crippen molar-refractivity contribution in [3.8, 4) is 0 Å². The molecule has 2 aliphatic heterocycles. The molecule has 3 rings (SSSR count). The minimum atomic E-state index is 0.750. The molecule has 0 aromatic heterocycles. The van der Waals surface area contributed by atoms with Gasteiger partial charge < -0.3 is 5.32 Å². The quantitative estimate of drug-likeness (QED) is 0.731. The van der Waals surface area contributed by atoms with Crippen molar-refractivity contribution in [3.63, 3.8) is 0 Å². The van der Waals surface area contributed by atoms with Crippen molar-refractivity contribution in [2.45, 2.75) is 43.8 Å². The van der Waals surface area contributed by atoms with Crippen molar-refractivity contribution in [3.05, 3.63) is 0 Å². The number of hydrogen-bond donors (Lipinski definition) is 1. The molecule has 0 bridgehead atoms. The fraction of sp³-hybridized carbons (Fsp3) is 1.00. The zero-order valence-electron chi connectivity index (χ0n) is 9.78. The summed E-state index contributed by atoms with van der Waals surface area (Å²) in [4.78, 5) is 5.43. The van der Waals surface area contributed by atoms with Crippen LogP contribution in [0.25, 0.3) is 0 Å². The highest BCUT2D eigenvalue weighted by Gasteiger charge is 2.37. The first kappa shape index (κ1) is 10.1. The molecule has 0 radical (unpaired) electrons. The van der Waals surface area contributed by atoms with Gasteiger partial charge in [-0.1, -0.05) is 0 Å². The molecule has 3 aliphatic rings. The van der Waals surface area contributed by atoms with Gasteiger partial charge in [0.2, 0.25) is 0 Å². The van der Waals surface area contributed by atoms with Crippen LogP contribution >= 0.6 is 0 Å². The van der Waals surface area contributed by atoms with Crippen molar-refractivity contribution in [2.75, 3.05) is 33.2 Å². The highest BCUT2D eigenvalue weighted by atomic mass is 15.3. The first-order valence-corrected chi connectivity index (χ1v) is 6.52. The van der Waals surface area contributed by atoms with Gasteiger partial charge in [0.15, 0.2) is 0 Å². The minimum absolute atomic E-state index is 0.750. The Labute approximate surface area is 92.8 Å². The molecule has 2 saturated heterocycles. The van der Waals surface area contributed by atoms with Crippen LogP contribution in [0.4, 0.5) is 0 Å². The zero-order valence-corrected chi connectivity index (χ0v) is 9.78. The van der Waals surface area contributed by atoms with E-state index < -0.39 is 0 Å². The van der Waals surface area contributed by atoms with Gasteiger partial charge in [-0.15, -0.1) is 0 Å². The number of likely N-dealkylation sites (N-methyl/N-ethyl adjacent to an activating group) is 1. The van der Waals surface area contributed by atoms with Crippen LogP contribution in [0.15, 0.2) is 0 Å². The predicted octanol–water partition coefficient (Wildman–Crippen LogP) is 0.517. The van der Waals surface area contributed by atoms with Crippen LogP contribution in [0.1, 0.15) is 25.7 Å². The van der Waals surface area contributed by atoms with Gasteiger partial charge in [-0.25, -0.2) is 0 Å². The number of nitrogens with one attached hydrogen (secondary N) is 1. The van der Waals surface area contributed by atoms with Gasteiger partial charge in [0.25, 0.3) is 0 Å². The van der Waals surface area contributed by atoms with Crippen LogP contribution in [0.3, 0.4) is 0 Å². The largest absolute Gasteiger partial charge is 0.316 e. The molecule has 3 nitrogen and oxygen atoms in total. The first-order valence-electron chi connectivity index (χ1n) is 6.52. The Morgan fingerprint density at radius 2 is 1.60 bits per heavy atom. The average Bonchev–Trinajstić information content (AvgIpc) is 2.84. The Bertz CT molecular complexity index is 227. The Morgan fingerprint density at radius 3 is 2.27 bits per heavy atom. The molecule has 0 aromatic rings. The number of nitrogens with zero attached hydrogens (tertiary/aromatic N) is 2. The maximum Gasteiger partial charge on any atom is 0.0236 e. The smallest absolute Gasteiger partial charge is 0.0236 e. The molecule has 0 spiro atoms. The Kier molecular flexibility index (Phi) is 2.71. The summed E-state index contributed by atoms with van der Waals surface area (Å²) in [6, 6.07) is 2.58. The third kappa shape index (κ3) is 2.05. The van der Waals surface area contributed by atoms with E-state index in [2.05, 4.69) is 22.2 Å². The Morgan fingerprint density at radius 1 is 0.867 bits per heavy atom. The molecular formula is C12H23N3. The number of rotatable bonds is 3. The monoisotopic (exact) mass is 209 g/mol. The minimum Gasteiger partial charge on any atom is -0.316 e. The molecule has 2 unspecified atom stereocenters. The van der Waals surface area contributed by atoms with Gasteiger partial charge in [0, 0.05) is 44.3 Å². The van der Waals surface area contributed by atoms with E-state index in [1.54, 1.807) is 0 Å². The normalized spacial score (nSPS) is 39.0. The third-order valence-corrected chi connectivity index (χ3v) is 4.40. The second-order valence-electron chi connectivity index (χ2n) is 5.44. The molecule has 2 atom stereocenters. The zero-order chi connectivity index (χ0) is 10.3. The summed E-state index contributed by atoms with van der Waals surface area (Å²) in [5, 5.41) is 3.41. The molecule has 3 heteroatoms. The van der Waals surface area contributed by atoms with E-state index in [0.29, 0.717) is 0 Å². The lowest BCUT2D eigenvalue weighted by atomic mass is 10.2. The van der Waals surface area contributed by atoms with Gasteiger partial charge in [-0.3, -0.25) is 9.80 Å². The van der Waals surface area contributed by atoms with Crippen LogP contribution in [-0.2, 0) is 0 Å². The third-order valence-electron chi connectivity index (χ3n) is 4.40. The lowest BCUT2D eigenvalue weighted by Crippen LogP contribution is -2.38. The molecule has 15 heavy (non-hydrogen) atoms. The highest BCUT2D eigenvalue weighted by molar-refractivity contribution is 4.95. The summed E-state index contributed by atoms with van der Waals surface area (Å²) < 4.78 is 0. The van der Waals surface area contributed by atoms with E-state index in [4.69, 9.17) is 0 Å². The van der Waals surface area contributed by atoms with Crippen LogP contribution in [0, 0.1) is 0 Å². The van der Waals surface area contributed by atoms with E-state index in [-0.39, 0.29) is 0 Å². The van der Waals surface area contributed by atoms with Gasteiger partial charge in [0.1, 0.15) is 0 Å². The maximum atomic E-state index is 3.41. The van der Waals surface area contributed by atoms with Crippen LogP contribution in [0.5, 0.6) is 0 Å². The van der Waals surface area contributed by atoms with Crippen LogP contribution in [-0.4, -0.2) is 61.2 Å². The molecule has 3 fully saturated rings. The van der Waals surface area contributed by atoms with E-state index >= 15 is 0 Å². The molecule has 86 valence electrons. The second-order valence-corrected chi connectivity index (χ2v) is 5.44. The summed E-state index contributed by atoms with van der Waals surface area (Å²) in [7, 11) is 2.10. The molecule has 1 saturated carbocycles. The second kappa shape index (κ2) is 4.04. The van der Waals surface area contributed by atoms with Crippen molar-refractivity contribution < 1.29 is 0 Å². The van der Waals surface area contributed by atoms with E-state index in [9.17, 15) is 0 Å². The summed E-state index contributed by atoms with van der Waals surface area (Å²) in [6.07, 6.45) is 5.68. The van der Waals surface area contributed by atoms with Gasteiger partial charge >= 0.3 is 0 Å². The molecule has 0 amide bonds. The fourth-order valence-corrected chi connectivity index (χ4v) is 3.19. The fourth-order valence-electron chi connectivity index (χ4n) is 3.19. The maximum absolute atomic E-state index is 3.41. The lowest BCUT2D eigenvalue weighted by Gasteiger charge is -2.24. The van der Waals surface area contributed by atoms with E-state index in [0.717, 1.165) is 18.1 Å². The van der Waals surface area contributed by atoms with Gasteiger partial charge in [-0.05, 0) is 32.7 Å². The predicted molar refractivity (Wildman–Crippen MR) is 62.0 cm³/mol. The average molecular weight is 209 g/mol. The van der Waals surface area contributed by atoms with Crippen LogP contribution in [0.2, 0.25) is 0 Å².